The Balaban J connectivity index is 2.13. The summed E-state index contributed by atoms with van der Waals surface area (Å²) in [4.78, 5) is 0. The van der Waals surface area contributed by atoms with E-state index in [0.717, 1.165) is 16.8 Å². The molecule has 17 heavy (non-hydrogen) atoms. The highest BCUT2D eigenvalue weighted by atomic mass is 19.1. The van der Waals surface area contributed by atoms with Crippen LogP contribution >= 0.6 is 0 Å². The molecular weight excluding hydrogens is 219 g/mol. The van der Waals surface area contributed by atoms with E-state index >= 15 is 0 Å². The van der Waals surface area contributed by atoms with Gasteiger partial charge in [0.1, 0.15) is 5.82 Å². The zero-order valence-electron chi connectivity index (χ0n) is 9.94. The van der Waals surface area contributed by atoms with Crippen molar-refractivity contribution in [3.05, 3.63) is 47.0 Å². The maximum atomic E-state index is 12.9. The first-order valence-corrected chi connectivity index (χ1v) is 5.47. The van der Waals surface area contributed by atoms with Gasteiger partial charge >= 0.3 is 0 Å². The minimum absolute atomic E-state index is 0.208. The molecule has 2 rings (SSSR count). The van der Waals surface area contributed by atoms with E-state index in [0.29, 0.717) is 13.1 Å². The second-order valence-electron chi connectivity index (χ2n) is 4.01. The SMILES string of the molecule is CNCc1cn(Cc2ccc(F)cc2C)nn1. The average Bonchev–Trinajstić information content (AvgIpc) is 2.71. The average molecular weight is 234 g/mol. The van der Waals surface area contributed by atoms with E-state index in [1.54, 1.807) is 10.7 Å². The molecule has 0 radical (unpaired) electrons. The summed E-state index contributed by atoms with van der Waals surface area (Å²) in [6.45, 7) is 3.20. The maximum absolute atomic E-state index is 12.9. The summed E-state index contributed by atoms with van der Waals surface area (Å²) < 4.78 is 14.7. The molecule has 0 aliphatic rings. The quantitative estimate of drug-likeness (QED) is 0.871. The molecule has 1 aromatic carbocycles. The molecule has 0 spiro atoms. The Bertz CT molecular complexity index is 507. The number of aryl methyl sites for hydroxylation is 1. The Morgan fingerprint density at radius 2 is 2.24 bits per heavy atom. The largest absolute Gasteiger partial charge is 0.314 e. The summed E-state index contributed by atoms with van der Waals surface area (Å²) >= 11 is 0. The van der Waals surface area contributed by atoms with Crippen molar-refractivity contribution in [2.24, 2.45) is 0 Å². The molecule has 90 valence electrons. The molecular formula is C12H15FN4. The van der Waals surface area contributed by atoms with Crippen molar-refractivity contribution in [3.63, 3.8) is 0 Å². The highest BCUT2D eigenvalue weighted by Gasteiger charge is 2.03. The Hall–Kier alpha value is -1.75. The highest BCUT2D eigenvalue weighted by Crippen LogP contribution is 2.11. The normalized spacial score (nSPS) is 10.8. The predicted octanol–water partition coefficient (Wildman–Crippen LogP) is 1.49. The number of halogens is 1. The van der Waals surface area contributed by atoms with Crippen LogP contribution in [-0.2, 0) is 13.1 Å². The number of aromatic nitrogens is 3. The van der Waals surface area contributed by atoms with E-state index < -0.39 is 0 Å². The maximum Gasteiger partial charge on any atom is 0.123 e. The summed E-state index contributed by atoms with van der Waals surface area (Å²) in [5, 5.41) is 11.1. The van der Waals surface area contributed by atoms with Crippen LogP contribution in [0.1, 0.15) is 16.8 Å². The molecule has 1 heterocycles. The molecule has 5 heteroatoms. The first-order chi connectivity index (χ1) is 8.19. The zero-order chi connectivity index (χ0) is 12.3. The monoisotopic (exact) mass is 234 g/mol. The molecule has 0 saturated heterocycles. The van der Waals surface area contributed by atoms with Gasteiger partial charge in [0.25, 0.3) is 0 Å². The lowest BCUT2D eigenvalue weighted by Crippen LogP contribution is -2.05. The number of nitrogens with zero attached hydrogens (tertiary/aromatic N) is 3. The number of hydrogen-bond acceptors (Lipinski definition) is 3. The van der Waals surface area contributed by atoms with Crippen molar-refractivity contribution < 1.29 is 4.39 Å². The third kappa shape index (κ3) is 2.88. The lowest BCUT2D eigenvalue weighted by Gasteiger charge is -2.05. The first-order valence-electron chi connectivity index (χ1n) is 5.47. The van der Waals surface area contributed by atoms with Crippen molar-refractivity contribution in [1.82, 2.24) is 20.3 Å². The van der Waals surface area contributed by atoms with E-state index in [-0.39, 0.29) is 5.82 Å². The molecule has 0 bridgehead atoms. The van der Waals surface area contributed by atoms with Gasteiger partial charge in [0.15, 0.2) is 0 Å². The number of benzene rings is 1. The summed E-state index contributed by atoms with van der Waals surface area (Å²) in [6.07, 6.45) is 1.89. The predicted molar refractivity (Wildman–Crippen MR) is 63.0 cm³/mol. The molecule has 4 nitrogen and oxygen atoms in total. The van der Waals surface area contributed by atoms with Gasteiger partial charge in [0, 0.05) is 6.54 Å². The molecule has 0 unspecified atom stereocenters. The van der Waals surface area contributed by atoms with Gasteiger partial charge in [0.2, 0.25) is 0 Å². The number of rotatable bonds is 4. The molecule has 0 saturated carbocycles. The van der Waals surface area contributed by atoms with Gasteiger partial charge in [-0.3, -0.25) is 0 Å². The fourth-order valence-electron chi connectivity index (χ4n) is 1.69. The van der Waals surface area contributed by atoms with Gasteiger partial charge in [-0.2, -0.15) is 0 Å². The van der Waals surface area contributed by atoms with E-state index in [4.69, 9.17) is 0 Å². The molecule has 1 N–H and O–H groups in total. The molecule has 0 fully saturated rings. The summed E-state index contributed by atoms with van der Waals surface area (Å²) in [5.74, 6) is -0.208. The van der Waals surface area contributed by atoms with Crippen LogP contribution in [0.4, 0.5) is 4.39 Å². The van der Waals surface area contributed by atoms with Gasteiger partial charge in [-0.15, -0.1) is 5.10 Å². The van der Waals surface area contributed by atoms with Crippen LogP contribution in [0.25, 0.3) is 0 Å². The van der Waals surface area contributed by atoms with Crippen LogP contribution in [0, 0.1) is 12.7 Å². The Labute approximate surface area is 99.5 Å². The Kier molecular flexibility index (Phi) is 3.49. The van der Waals surface area contributed by atoms with Crippen molar-refractivity contribution in [2.45, 2.75) is 20.0 Å². The van der Waals surface area contributed by atoms with E-state index in [1.165, 1.54) is 12.1 Å². The smallest absolute Gasteiger partial charge is 0.123 e. The van der Waals surface area contributed by atoms with Crippen molar-refractivity contribution in [2.75, 3.05) is 7.05 Å². The molecule has 2 aromatic rings. The van der Waals surface area contributed by atoms with Crippen LogP contribution in [0.3, 0.4) is 0 Å². The third-order valence-corrected chi connectivity index (χ3v) is 2.58. The van der Waals surface area contributed by atoms with E-state index in [2.05, 4.69) is 15.6 Å². The molecule has 0 aliphatic carbocycles. The Morgan fingerprint density at radius 1 is 1.41 bits per heavy atom. The van der Waals surface area contributed by atoms with Crippen LogP contribution in [0.2, 0.25) is 0 Å². The minimum atomic E-state index is -0.208. The lowest BCUT2D eigenvalue weighted by molar-refractivity contribution is 0.619. The number of nitrogens with one attached hydrogen (secondary N) is 1. The van der Waals surface area contributed by atoms with Crippen LogP contribution in [0.15, 0.2) is 24.4 Å². The molecule has 0 aliphatic heterocycles. The van der Waals surface area contributed by atoms with Crippen molar-refractivity contribution in [1.29, 1.82) is 0 Å². The summed E-state index contributed by atoms with van der Waals surface area (Å²) in [7, 11) is 1.86. The molecule has 0 amide bonds. The van der Waals surface area contributed by atoms with Crippen LogP contribution in [-0.4, -0.2) is 22.0 Å². The second kappa shape index (κ2) is 5.05. The lowest BCUT2D eigenvalue weighted by atomic mass is 10.1. The third-order valence-electron chi connectivity index (χ3n) is 2.58. The first kappa shape index (κ1) is 11.7. The van der Waals surface area contributed by atoms with E-state index in [1.807, 2.05) is 20.2 Å². The van der Waals surface area contributed by atoms with Gasteiger partial charge in [-0.25, -0.2) is 9.07 Å². The topological polar surface area (TPSA) is 42.7 Å². The standard InChI is InChI=1S/C12H15FN4/c1-9-5-11(13)4-3-10(9)7-17-8-12(6-14-2)15-16-17/h3-5,8,14H,6-7H2,1-2H3. The van der Waals surface area contributed by atoms with Crippen molar-refractivity contribution >= 4 is 0 Å². The van der Waals surface area contributed by atoms with E-state index in [9.17, 15) is 4.39 Å². The van der Waals surface area contributed by atoms with Crippen LogP contribution < -0.4 is 5.32 Å². The van der Waals surface area contributed by atoms with Crippen molar-refractivity contribution in [3.8, 4) is 0 Å². The van der Waals surface area contributed by atoms with Gasteiger partial charge in [-0.1, -0.05) is 11.3 Å². The van der Waals surface area contributed by atoms with Gasteiger partial charge < -0.3 is 5.32 Å². The molecule has 0 atom stereocenters. The Morgan fingerprint density at radius 3 is 2.94 bits per heavy atom. The fourth-order valence-corrected chi connectivity index (χ4v) is 1.69. The van der Waals surface area contributed by atoms with Gasteiger partial charge in [0.05, 0.1) is 18.4 Å². The highest BCUT2D eigenvalue weighted by molar-refractivity contribution is 5.26. The zero-order valence-corrected chi connectivity index (χ0v) is 9.94. The summed E-state index contributed by atoms with van der Waals surface area (Å²) in [6, 6.07) is 4.78. The second-order valence-corrected chi connectivity index (χ2v) is 4.01. The minimum Gasteiger partial charge on any atom is -0.314 e. The fraction of sp³-hybridized carbons (Fsp3) is 0.333. The van der Waals surface area contributed by atoms with Gasteiger partial charge in [-0.05, 0) is 37.2 Å². The molecule has 1 aromatic heterocycles. The number of hydrogen-bond donors (Lipinski definition) is 1. The summed E-state index contributed by atoms with van der Waals surface area (Å²) in [5.41, 5.74) is 2.87. The van der Waals surface area contributed by atoms with Crippen LogP contribution in [0.5, 0.6) is 0 Å².